The molecule has 0 fully saturated rings. The first-order chi connectivity index (χ1) is 10.2. The summed E-state index contributed by atoms with van der Waals surface area (Å²) in [6.07, 6.45) is 9.60. The average Bonchev–Trinajstić information content (AvgIpc) is 2.97. The summed E-state index contributed by atoms with van der Waals surface area (Å²) in [5, 5.41) is 0. The molecule has 2 nitrogen and oxygen atoms in total. The van der Waals surface area contributed by atoms with Gasteiger partial charge in [-0.3, -0.25) is 0 Å². The molecule has 0 aliphatic rings. The minimum Gasteiger partial charge on any atom is -0.342 e. The summed E-state index contributed by atoms with van der Waals surface area (Å²) in [4.78, 5) is 8.21. The van der Waals surface area contributed by atoms with Gasteiger partial charge in [-0.05, 0) is 25.3 Å². The van der Waals surface area contributed by atoms with Gasteiger partial charge in [-0.25, -0.2) is 4.98 Å². The first-order valence-electron chi connectivity index (χ1n) is 8.36. The maximum atomic E-state index is 4.66. The van der Waals surface area contributed by atoms with E-state index in [1.165, 1.54) is 55.5 Å². The lowest BCUT2D eigenvalue weighted by Crippen LogP contribution is -2.01. The summed E-state index contributed by atoms with van der Waals surface area (Å²) in [5.74, 6) is 1.75. The smallest absolute Gasteiger partial charge is 0.109 e. The summed E-state index contributed by atoms with van der Waals surface area (Å²) in [6, 6.07) is 8.64. The van der Waals surface area contributed by atoms with Crippen molar-refractivity contribution in [2.24, 2.45) is 0 Å². The zero-order valence-electron chi connectivity index (χ0n) is 13.7. The van der Waals surface area contributed by atoms with Gasteiger partial charge in [-0.1, -0.05) is 69.4 Å². The molecule has 2 heteroatoms. The number of aromatic amines is 1. The van der Waals surface area contributed by atoms with E-state index in [1.54, 1.807) is 0 Å². The molecule has 1 aromatic heterocycles. The van der Waals surface area contributed by atoms with Gasteiger partial charge in [0.25, 0.3) is 0 Å². The van der Waals surface area contributed by atoms with Crippen molar-refractivity contribution in [1.29, 1.82) is 0 Å². The second kappa shape index (κ2) is 8.02. The lowest BCUT2D eigenvalue weighted by molar-refractivity contribution is 0.511. The number of H-pyrrole nitrogens is 1. The van der Waals surface area contributed by atoms with Crippen LogP contribution in [-0.4, -0.2) is 9.97 Å². The molecular formula is C19H28N2. The number of imidazole rings is 1. The van der Waals surface area contributed by atoms with Gasteiger partial charge >= 0.3 is 0 Å². The fourth-order valence-corrected chi connectivity index (χ4v) is 2.83. The Labute approximate surface area is 129 Å². The first kappa shape index (κ1) is 15.8. The van der Waals surface area contributed by atoms with Crippen LogP contribution in [0.1, 0.15) is 69.7 Å². The van der Waals surface area contributed by atoms with E-state index in [-0.39, 0.29) is 0 Å². The standard InChI is InChI=1S/C19H28N2/c1-4-6-7-9-17(8-5-2)19-20-14-18(21-19)16-12-10-15(3)11-13-16/h10-14,17H,4-9H2,1-3H3,(H,20,21). The zero-order chi connectivity index (χ0) is 15.1. The highest BCUT2D eigenvalue weighted by molar-refractivity contribution is 5.58. The van der Waals surface area contributed by atoms with Gasteiger partial charge in [-0.2, -0.15) is 0 Å². The van der Waals surface area contributed by atoms with Crippen molar-refractivity contribution >= 4 is 0 Å². The van der Waals surface area contributed by atoms with Crippen LogP contribution in [0.25, 0.3) is 11.3 Å². The molecule has 0 radical (unpaired) electrons. The molecule has 2 aromatic rings. The van der Waals surface area contributed by atoms with Crippen molar-refractivity contribution in [3.63, 3.8) is 0 Å². The first-order valence-corrected chi connectivity index (χ1v) is 8.36. The molecular weight excluding hydrogens is 256 g/mol. The summed E-state index contributed by atoms with van der Waals surface area (Å²) in [6.45, 7) is 6.64. The van der Waals surface area contributed by atoms with Gasteiger partial charge in [0.05, 0.1) is 11.9 Å². The van der Waals surface area contributed by atoms with Crippen LogP contribution in [0.3, 0.4) is 0 Å². The highest BCUT2D eigenvalue weighted by atomic mass is 14.9. The number of rotatable bonds is 8. The number of nitrogens with one attached hydrogen (secondary N) is 1. The normalized spacial score (nSPS) is 12.5. The highest BCUT2D eigenvalue weighted by Gasteiger charge is 2.14. The van der Waals surface area contributed by atoms with Crippen LogP contribution in [-0.2, 0) is 0 Å². The van der Waals surface area contributed by atoms with Crippen LogP contribution in [0.5, 0.6) is 0 Å². The summed E-state index contributed by atoms with van der Waals surface area (Å²) in [7, 11) is 0. The second-order valence-electron chi connectivity index (χ2n) is 6.03. The molecule has 0 bridgehead atoms. The number of aryl methyl sites for hydroxylation is 1. The molecule has 114 valence electrons. The van der Waals surface area contributed by atoms with E-state index in [2.05, 4.69) is 55.0 Å². The van der Waals surface area contributed by atoms with E-state index < -0.39 is 0 Å². The maximum Gasteiger partial charge on any atom is 0.109 e. The fraction of sp³-hybridized carbons (Fsp3) is 0.526. The number of hydrogen-bond acceptors (Lipinski definition) is 1. The molecule has 0 aliphatic carbocycles. The molecule has 1 heterocycles. The van der Waals surface area contributed by atoms with E-state index in [4.69, 9.17) is 0 Å². The lowest BCUT2D eigenvalue weighted by Gasteiger charge is -2.13. The minimum atomic E-state index is 0.584. The molecule has 0 saturated heterocycles. The van der Waals surface area contributed by atoms with Crippen molar-refractivity contribution in [2.75, 3.05) is 0 Å². The van der Waals surface area contributed by atoms with Crippen molar-refractivity contribution < 1.29 is 0 Å². The van der Waals surface area contributed by atoms with E-state index in [9.17, 15) is 0 Å². The third kappa shape index (κ3) is 4.45. The Kier molecular flexibility index (Phi) is 6.04. The molecule has 2 rings (SSSR count). The predicted octanol–water partition coefficient (Wildman–Crippen LogP) is 5.85. The largest absolute Gasteiger partial charge is 0.342 e. The SMILES string of the molecule is CCCCCC(CCC)c1ncc(-c2ccc(C)cc2)[nH]1. The molecule has 1 aromatic carbocycles. The third-order valence-electron chi connectivity index (χ3n) is 4.14. The Morgan fingerprint density at radius 2 is 1.76 bits per heavy atom. The van der Waals surface area contributed by atoms with Gasteiger partial charge in [0.1, 0.15) is 5.82 Å². The van der Waals surface area contributed by atoms with Crippen LogP contribution in [0.2, 0.25) is 0 Å². The van der Waals surface area contributed by atoms with Crippen LogP contribution >= 0.6 is 0 Å². The Hall–Kier alpha value is -1.57. The van der Waals surface area contributed by atoms with Gasteiger partial charge in [0, 0.05) is 5.92 Å². The van der Waals surface area contributed by atoms with Crippen LogP contribution in [0, 0.1) is 6.92 Å². The van der Waals surface area contributed by atoms with E-state index in [0.717, 1.165) is 5.69 Å². The quantitative estimate of drug-likeness (QED) is 0.605. The Balaban J connectivity index is 2.10. The zero-order valence-corrected chi connectivity index (χ0v) is 13.7. The Morgan fingerprint density at radius 1 is 1.00 bits per heavy atom. The van der Waals surface area contributed by atoms with Crippen LogP contribution < -0.4 is 0 Å². The number of hydrogen-bond donors (Lipinski definition) is 1. The Morgan fingerprint density at radius 3 is 2.43 bits per heavy atom. The van der Waals surface area contributed by atoms with Crippen molar-refractivity contribution in [1.82, 2.24) is 9.97 Å². The van der Waals surface area contributed by atoms with Crippen molar-refractivity contribution in [2.45, 2.75) is 65.2 Å². The predicted molar refractivity (Wildman–Crippen MR) is 90.6 cm³/mol. The van der Waals surface area contributed by atoms with Crippen LogP contribution in [0.15, 0.2) is 30.5 Å². The molecule has 0 aliphatic heterocycles. The third-order valence-corrected chi connectivity index (χ3v) is 4.14. The van der Waals surface area contributed by atoms with Gasteiger partial charge in [-0.15, -0.1) is 0 Å². The van der Waals surface area contributed by atoms with Gasteiger partial charge < -0.3 is 4.98 Å². The van der Waals surface area contributed by atoms with Gasteiger partial charge in [0.2, 0.25) is 0 Å². The summed E-state index contributed by atoms with van der Waals surface area (Å²) >= 11 is 0. The van der Waals surface area contributed by atoms with Crippen molar-refractivity contribution in [3.8, 4) is 11.3 Å². The Bertz CT molecular complexity index is 525. The van der Waals surface area contributed by atoms with Gasteiger partial charge in [0.15, 0.2) is 0 Å². The molecule has 0 spiro atoms. The number of nitrogens with zero attached hydrogens (tertiary/aromatic N) is 1. The lowest BCUT2D eigenvalue weighted by atomic mass is 9.96. The summed E-state index contributed by atoms with van der Waals surface area (Å²) in [5.41, 5.74) is 3.66. The topological polar surface area (TPSA) is 28.7 Å². The molecule has 0 amide bonds. The van der Waals surface area contributed by atoms with E-state index >= 15 is 0 Å². The molecule has 21 heavy (non-hydrogen) atoms. The molecule has 0 saturated carbocycles. The number of aromatic nitrogens is 2. The van der Waals surface area contributed by atoms with E-state index in [0.29, 0.717) is 5.92 Å². The van der Waals surface area contributed by atoms with E-state index in [1.807, 2.05) is 6.20 Å². The number of unbranched alkanes of at least 4 members (excludes halogenated alkanes) is 2. The highest BCUT2D eigenvalue weighted by Crippen LogP contribution is 2.27. The molecule has 1 unspecified atom stereocenters. The van der Waals surface area contributed by atoms with Crippen LogP contribution in [0.4, 0.5) is 0 Å². The minimum absolute atomic E-state index is 0.584. The summed E-state index contributed by atoms with van der Waals surface area (Å²) < 4.78 is 0. The molecule has 1 N–H and O–H groups in total. The molecule has 1 atom stereocenters. The van der Waals surface area contributed by atoms with Crippen molar-refractivity contribution in [3.05, 3.63) is 41.9 Å². The maximum absolute atomic E-state index is 4.66. The monoisotopic (exact) mass is 284 g/mol. The fourth-order valence-electron chi connectivity index (χ4n) is 2.83. The number of benzene rings is 1. The second-order valence-corrected chi connectivity index (χ2v) is 6.03. The average molecular weight is 284 g/mol.